The van der Waals surface area contributed by atoms with Crippen molar-refractivity contribution in [1.29, 1.82) is 0 Å². The van der Waals surface area contributed by atoms with Crippen molar-refractivity contribution in [2.45, 2.75) is 19.9 Å². The molecule has 2 aromatic rings. The fourth-order valence-electron chi connectivity index (χ4n) is 1.69. The van der Waals surface area contributed by atoms with Crippen LogP contribution in [0.2, 0.25) is 0 Å². The third-order valence-electron chi connectivity index (χ3n) is 2.87. The van der Waals surface area contributed by atoms with Crippen LogP contribution in [0.15, 0.2) is 29.2 Å². The third kappa shape index (κ3) is 2.22. The topological polar surface area (TPSA) is 60.1 Å². The Morgan fingerprint density at radius 1 is 1.59 bits per heavy atom. The zero-order chi connectivity index (χ0) is 12.4. The first kappa shape index (κ1) is 11.4. The van der Waals surface area contributed by atoms with Gasteiger partial charge in [0.1, 0.15) is 6.26 Å². The van der Waals surface area contributed by atoms with E-state index in [-0.39, 0.29) is 11.9 Å². The molecule has 0 aromatic carbocycles. The number of nitrogens with zero attached hydrogens (tertiary/aromatic N) is 2. The Labute approximate surface area is 99.4 Å². The predicted octanol–water partition coefficient (Wildman–Crippen LogP) is 1.81. The molecule has 0 aliphatic carbocycles. The summed E-state index contributed by atoms with van der Waals surface area (Å²) in [6, 6.07) is 1.56. The van der Waals surface area contributed by atoms with Gasteiger partial charge in [0.15, 0.2) is 0 Å². The lowest BCUT2D eigenvalue weighted by Gasteiger charge is -2.12. The van der Waals surface area contributed by atoms with Crippen molar-refractivity contribution >= 4 is 5.91 Å². The number of carbonyl (C=O) groups excluding carboxylic acids is 1. The van der Waals surface area contributed by atoms with E-state index >= 15 is 0 Å². The van der Waals surface area contributed by atoms with Gasteiger partial charge in [-0.15, -0.1) is 0 Å². The van der Waals surface area contributed by atoms with E-state index in [1.807, 2.05) is 20.9 Å². The number of nitrogens with one attached hydrogen (secondary N) is 1. The fraction of sp³-hybridized carbons (Fsp3) is 0.333. The molecule has 1 amide bonds. The second kappa shape index (κ2) is 4.45. The van der Waals surface area contributed by atoms with Crippen molar-refractivity contribution in [2.24, 2.45) is 7.05 Å². The molecule has 2 aromatic heterocycles. The van der Waals surface area contributed by atoms with Gasteiger partial charge in [0.2, 0.25) is 0 Å². The van der Waals surface area contributed by atoms with Crippen LogP contribution in [0.25, 0.3) is 0 Å². The van der Waals surface area contributed by atoms with Crippen LogP contribution in [-0.2, 0) is 7.05 Å². The standard InChI is InChI=1S/C12H15N3O2/c1-8(11-6-13-15(3)9(11)2)14-12(16)10-4-5-17-7-10/h4-8H,1-3H3,(H,14,16). The highest BCUT2D eigenvalue weighted by molar-refractivity contribution is 5.94. The third-order valence-corrected chi connectivity index (χ3v) is 2.87. The van der Waals surface area contributed by atoms with E-state index < -0.39 is 0 Å². The second-order valence-corrected chi connectivity index (χ2v) is 4.02. The van der Waals surface area contributed by atoms with E-state index in [2.05, 4.69) is 10.4 Å². The Bertz CT molecular complexity index is 514. The molecule has 90 valence electrons. The van der Waals surface area contributed by atoms with Gasteiger partial charge in [0.05, 0.1) is 24.1 Å². The number of rotatable bonds is 3. The average Bonchev–Trinajstić information content (AvgIpc) is 2.90. The van der Waals surface area contributed by atoms with E-state index in [0.717, 1.165) is 11.3 Å². The van der Waals surface area contributed by atoms with E-state index in [9.17, 15) is 4.79 Å². The van der Waals surface area contributed by atoms with Gasteiger partial charge >= 0.3 is 0 Å². The smallest absolute Gasteiger partial charge is 0.255 e. The Morgan fingerprint density at radius 3 is 2.88 bits per heavy atom. The van der Waals surface area contributed by atoms with E-state index in [1.54, 1.807) is 16.9 Å². The lowest BCUT2D eigenvalue weighted by Crippen LogP contribution is -2.26. The summed E-state index contributed by atoms with van der Waals surface area (Å²) in [7, 11) is 1.88. The van der Waals surface area contributed by atoms with Gasteiger partial charge < -0.3 is 9.73 Å². The van der Waals surface area contributed by atoms with Crippen LogP contribution >= 0.6 is 0 Å². The van der Waals surface area contributed by atoms with Crippen LogP contribution < -0.4 is 5.32 Å². The molecule has 0 saturated heterocycles. The normalized spacial score (nSPS) is 12.4. The number of carbonyl (C=O) groups is 1. The molecule has 0 spiro atoms. The van der Waals surface area contributed by atoms with Crippen LogP contribution in [0.3, 0.4) is 0 Å². The molecule has 17 heavy (non-hydrogen) atoms. The molecule has 5 nitrogen and oxygen atoms in total. The monoisotopic (exact) mass is 233 g/mol. The summed E-state index contributed by atoms with van der Waals surface area (Å²) in [5.74, 6) is -0.144. The zero-order valence-corrected chi connectivity index (χ0v) is 10.1. The highest BCUT2D eigenvalue weighted by atomic mass is 16.3. The number of hydrogen-bond acceptors (Lipinski definition) is 3. The van der Waals surface area contributed by atoms with Gasteiger partial charge in [-0.2, -0.15) is 5.10 Å². The molecule has 2 heterocycles. The number of aromatic nitrogens is 2. The maximum atomic E-state index is 11.8. The van der Waals surface area contributed by atoms with Crippen molar-refractivity contribution < 1.29 is 9.21 Å². The minimum atomic E-state index is -0.144. The average molecular weight is 233 g/mol. The van der Waals surface area contributed by atoms with Crippen molar-refractivity contribution in [2.75, 3.05) is 0 Å². The zero-order valence-electron chi connectivity index (χ0n) is 10.1. The van der Waals surface area contributed by atoms with Gasteiger partial charge in [-0.25, -0.2) is 0 Å². The maximum Gasteiger partial charge on any atom is 0.255 e. The van der Waals surface area contributed by atoms with E-state index in [1.165, 1.54) is 12.5 Å². The number of hydrogen-bond donors (Lipinski definition) is 1. The SMILES string of the molecule is Cc1c(C(C)NC(=O)c2ccoc2)cnn1C. The van der Waals surface area contributed by atoms with Crippen LogP contribution in [0.1, 0.15) is 34.6 Å². The molecule has 5 heteroatoms. The first-order valence-corrected chi connectivity index (χ1v) is 5.41. The first-order chi connectivity index (χ1) is 8.09. The van der Waals surface area contributed by atoms with Crippen LogP contribution in [0.4, 0.5) is 0 Å². The summed E-state index contributed by atoms with van der Waals surface area (Å²) in [6.07, 6.45) is 4.68. The Balaban J connectivity index is 2.10. The molecule has 0 aliphatic heterocycles. The molecule has 0 aliphatic rings. The molecular weight excluding hydrogens is 218 g/mol. The van der Waals surface area contributed by atoms with E-state index in [0.29, 0.717) is 5.56 Å². The number of aryl methyl sites for hydroxylation is 1. The summed E-state index contributed by atoms with van der Waals surface area (Å²) in [6.45, 7) is 3.91. The highest BCUT2D eigenvalue weighted by Gasteiger charge is 2.15. The fourth-order valence-corrected chi connectivity index (χ4v) is 1.69. The van der Waals surface area contributed by atoms with Gasteiger partial charge in [-0.05, 0) is 19.9 Å². The largest absolute Gasteiger partial charge is 0.472 e. The number of amides is 1. The molecular formula is C12H15N3O2. The molecule has 1 unspecified atom stereocenters. The minimum absolute atomic E-state index is 0.0777. The summed E-state index contributed by atoms with van der Waals surface area (Å²) < 4.78 is 6.66. The maximum absolute atomic E-state index is 11.8. The second-order valence-electron chi connectivity index (χ2n) is 4.02. The molecule has 0 saturated carbocycles. The summed E-state index contributed by atoms with van der Waals surface area (Å²) in [4.78, 5) is 11.8. The Morgan fingerprint density at radius 2 is 2.35 bits per heavy atom. The van der Waals surface area contributed by atoms with Crippen molar-refractivity contribution in [3.8, 4) is 0 Å². The van der Waals surface area contributed by atoms with Gasteiger partial charge in [0.25, 0.3) is 5.91 Å². The Kier molecular flexibility index (Phi) is 2.99. The van der Waals surface area contributed by atoms with Gasteiger partial charge in [-0.1, -0.05) is 0 Å². The summed E-state index contributed by atoms with van der Waals surface area (Å²) in [5, 5.41) is 7.05. The molecule has 2 rings (SSSR count). The predicted molar refractivity (Wildman–Crippen MR) is 62.5 cm³/mol. The first-order valence-electron chi connectivity index (χ1n) is 5.41. The minimum Gasteiger partial charge on any atom is -0.472 e. The lowest BCUT2D eigenvalue weighted by molar-refractivity contribution is 0.0939. The van der Waals surface area contributed by atoms with Crippen molar-refractivity contribution in [1.82, 2.24) is 15.1 Å². The molecule has 0 bridgehead atoms. The van der Waals surface area contributed by atoms with Crippen LogP contribution in [0, 0.1) is 6.92 Å². The van der Waals surface area contributed by atoms with Crippen molar-refractivity contribution in [3.63, 3.8) is 0 Å². The van der Waals surface area contributed by atoms with Crippen LogP contribution in [0.5, 0.6) is 0 Å². The summed E-state index contributed by atoms with van der Waals surface area (Å²) >= 11 is 0. The molecule has 1 N–H and O–H groups in total. The lowest BCUT2D eigenvalue weighted by atomic mass is 10.1. The Hall–Kier alpha value is -2.04. The number of furan rings is 1. The molecule has 1 atom stereocenters. The van der Waals surface area contributed by atoms with Gasteiger partial charge in [0, 0.05) is 18.3 Å². The van der Waals surface area contributed by atoms with Crippen LogP contribution in [-0.4, -0.2) is 15.7 Å². The van der Waals surface area contributed by atoms with Gasteiger partial charge in [-0.3, -0.25) is 9.48 Å². The molecule has 0 fully saturated rings. The van der Waals surface area contributed by atoms with Crippen molar-refractivity contribution in [3.05, 3.63) is 41.6 Å². The van der Waals surface area contributed by atoms with E-state index in [4.69, 9.17) is 4.42 Å². The quantitative estimate of drug-likeness (QED) is 0.879. The highest BCUT2D eigenvalue weighted by Crippen LogP contribution is 2.16. The summed E-state index contributed by atoms with van der Waals surface area (Å²) in [5.41, 5.74) is 2.59. The molecule has 0 radical (unpaired) electrons.